The third kappa shape index (κ3) is 3.81. The fourth-order valence-corrected chi connectivity index (χ4v) is 5.07. The van der Waals surface area contributed by atoms with Crippen LogP contribution in [0.4, 0.5) is 0 Å². The third-order valence-electron chi connectivity index (χ3n) is 5.61. The van der Waals surface area contributed by atoms with E-state index in [2.05, 4.69) is 52.0 Å². The van der Waals surface area contributed by atoms with E-state index in [1.807, 2.05) is 13.8 Å². The van der Waals surface area contributed by atoms with Gasteiger partial charge in [-0.25, -0.2) is 4.98 Å². The van der Waals surface area contributed by atoms with Crippen molar-refractivity contribution in [3.63, 3.8) is 0 Å². The minimum Gasteiger partial charge on any atom is -0.368 e. The Bertz CT molecular complexity index is 1130. The number of carbonyl (C=O) groups excluding carboxylic acids is 1. The van der Waals surface area contributed by atoms with Crippen LogP contribution in [-0.2, 0) is 23.1 Å². The van der Waals surface area contributed by atoms with Gasteiger partial charge >= 0.3 is 0 Å². The number of primary amides is 1. The minimum atomic E-state index is -0.689. The van der Waals surface area contributed by atoms with E-state index in [0.29, 0.717) is 24.1 Å². The summed E-state index contributed by atoms with van der Waals surface area (Å²) in [6.07, 6.45) is 1.82. The largest absolute Gasteiger partial charge is 0.368 e. The van der Waals surface area contributed by atoms with Crippen LogP contribution in [0.15, 0.2) is 29.1 Å². The molecule has 1 amide bonds. The first-order valence-electron chi connectivity index (χ1n) is 10.6. The van der Waals surface area contributed by atoms with Gasteiger partial charge in [-0.1, -0.05) is 65.8 Å². The molecule has 1 aromatic carbocycles. The molecule has 1 unspecified atom stereocenters. The van der Waals surface area contributed by atoms with Crippen molar-refractivity contribution in [2.24, 2.45) is 5.73 Å². The first-order chi connectivity index (χ1) is 14.1. The van der Waals surface area contributed by atoms with Gasteiger partial charge in [-0.05, 0) is 29.4 Å². The Morgan fingerprint density at radius 3 is 2.23 bits per heavy atom. The lowest BCUT2D eigenvalue weighted by atomic mass is 9.86. The van der Waals surface area contributed by atoms with E-state index in [4.69, 9.17) is 10.7 Å². The normalized spacial score (nSPS) is 13.0. The lowest BCUT2D eigenvalue weighted by Crippen LogP contribution is -2.36. The second-order valence-corrected chi connectivity index (χ2v) is 9.73. The van der Waals surface area contributed by atoms with E-state index in [1.165, 1.54) is 10.1 Å². The van der Waals surface area contributed by atoms with E-state index in [9.17, 15) is 9.59 Å². The summed E-state index contributed by atoms with van der Waals surface area (Å²) >= 11 is 1.57. The van der Waals surface area contributed by atoms with Gasteiger partial charge in [0.05, 0.1) is 5.39 Å². The van der Waals surface area contributed by atoms with Crippen molar-refractivity contribution in [1.82, 2.24) is 9.55 Å². The Balaban J connectivity index is 2.34. The van der Waals surface area contributed by atoms with E-state index in [0.717, 1.165) is 27.3 Å². The summed E-state index contributed by atoms with van der Waals surface area (Å²) in [6, 6.07) is 7.74. The van der Waals surface area contributed by atoms with Crippen LogP contribution in [0, 0.1) is 0 Å². The van der Waals surface area contributed by atoms with Crippen LogP contribution in [-0.4, -0.2) is 15.5 Å². The lowest BCUT2D eigenvalue weighted by Gasteiger charge is -2.20. The molecule has 0 aliphatic rings. The van der Waals surface area contributed by atoms with Crippen LogP contribution in [0.2, 0.25) is 0 Å². The Hall–Kier alpha value is -2.47. The molecule has 0 radical (unpaired) electrons. The van der Waals surface area contributed by atoms with Gasteiger partial charge in [0.15, 0.2) is 0 Å². The summed E-state index contributed by atoms with van der Waals surface area (Å²) in [7, 11) is 0. The number of nitrogens with zero attached hydrogens (tertiary/aromatic N) is 2. The summed E-state index contributed by atoms with van der Waals surface area (Å²) in [5.41, 5.74) is 8.70. The predicted molar refractivity (Wildman–Crippen MR) is 125 cm³/mol. The molecule has 160 valence electrons. The maximum absolute atomic E-state index is 13.7. The van der Waals surface area contributed by atoms with Gasteiger partial charge in [-0.3, -0.25) is 14.2 Å². The number of thiophene rings is 1. The summed E-state index contributed by atoms with van der Waals surface area (Å²) < 4.78 is 1.52. The summed E-state index contributed by atoms with van der Waals surface area (Å²) in [4.78, 5) is 32.4. The van der Waals surface area contributed by atoms with Gasteiger partial charge in [0, 0.05) is 16.9 Å². The van der Waals surface area contributed by atoms with E-state index in [-0.39, 0.29) is 11.0 Å². The Labute approximate surface area is 182 Å². The van der Waals surface area contributed by atoms with Crippen LogP contribution in [0.3, 0.4) is 0 Å². The van der Waals surface area contributed by atoms with Crippen LogP contribution >= 0.6 is 11.3 Å². The maximum atomic E-state index is 13.7. The molecule has 5 nitrogen and oxygen atoms in total. The molecule has 2 N–H and O–H groups in total. The highest BCUT2D eigenvalue weighted by molar-refractivity contribution is 7.19. The second kappa shape index (κ2) is 8.34. The monoisotopic (exact) mass is 425 g/mol. The van der Waals surface area contributed by atoms with Gasteiger partial charge in [0.25, 0.3) is 5.56 Å². The molecular weight excluding hydrogens is 394 g/mol. The molecule has 0 saturated carbocycles. The Morgan fingerprint density at radius 2 is 1.77 bits per heavy atom. The fourth-order valence-electron chi connectivity index (χ4n) is 3.92. The summed E-state index contributed by atoms with van der Waals surface area (Å²) in [5, 5.41) is 0.595. The fraction of sp³-hybridized carbons (Fsp3) is 0.458. The second-order valence-electron chi connectivity index (χ2n) is 8.64. The van der Waals surface area contributed by atoms with Crippen molar-refractivity contribution in [3.8, 4) is 11.1 Å². The molecule has 2 heterocycles. The minimum absolute atomic E-state index is 0.0585. The van der Waals surface area contributed by atoms with Gasteiger partial charge in [-0.2, -0.15) is 0 Å². The molecule has 0 saturated heterocycles. The number of hydrogen-bond acceptors (Lipinski definition) is 4. The number of nitrogens with two attached hydrogens (primary N) is 1. The maximum Gasteiger partial charge on any atom is 0.263 e. The average Bonchev–Trinajstić information content (AvgIpc) is 3.08. The highest BCUT2D eigenvalue weighted by Gasteiger charge is 2.26. The Morgan fingerprint density at radius 1 is 1.13 bits per heavy atom. The number of aromatic nitrogens is 2. The van der Waals surface area contributed by atoms with Gasteiger partial charge in [0.1, 0.15) is 16.7 Å². The molecule has 0 bridgehead atoms. The topological polar surface area (TPSA) is 78.0 Å². The third-order valence-corrected chi connectivity index (χ3v) is 6.84. The molecule has 6 heteroatoms. The van der Waals surface area contributed by atoms with E-state index in [1.54, 1.807) is 11.3 Å². The number of hydrogen-bond donors (Lipinski definition) is 1. The number of fused-ring (bicyclic) bond motifs is 1. The molecule has 3 rings (SSSR count). The molecule has 2 aromatic heterocycles. The standard InChI is InChI=1S/C24H31N3O2S/c1-7-16(21(25)28)27-18(9-3)26-22-20(23(27)29)19(17(8-2)30-22)14-10-12-15(13-11-14)24(4,5)6/h10-13,16H,7-9H2,1-6H3,(H2,25,28). The van der Waals surface area contributed by atoms with E-state index < -0.39 is 11.9 Å². The van der Waals surface area contributed by atoms with Crippen molar-refractivity contribution in [2.45, 2.75) is 72.3 Å². The highest BCUT2D eigenvalue weighted by atomic mass is 32.1. The van der Waals surface area contributed by atoms with Crippen molar-refractivity contribution < 1.29 is 4.79 Å². The smallest absolute Gasteiger partial charge is 0.263 e. The number of benzene rings is 1. The molecule has 0 aliphatic heterocycles. The van der Waals surface area contributed by atoms with Crippen LogP contribution in [0.1, 0.15) is 70.3 Å². The first-order valence-corrected chi connectivity index (χ1v) is 11.4. The Kier molecular flexibility index (Phi) is 6.18. The number of carbonyl (C=O) groups is 1. The molecule has 30 heavy (non-hydrogen) atoms. The quantitative estimate of drug-likeness (QED) is 0.605. The van der Waals surface area contributed by atoms with Crippen LogP contribution in [0.25, 0.3) is 21.3 Å². The van der Waals surface area contributed by atoms with Crippen molar-refractivity contribution in [2.75, 3.05) is 0 Å². The van der Waals surface area contributed by atoms with E-state index >= 15 is 0 Å². The molecule has 1 atom stereocenters. The highest BCUT2D eigenvalue weighted by Crippen LogP contribution is 2.38. The zero-order valence-electron chi connectivity index (χ0n) is 18.7. The lowest BCUT2D eigenvalue weighted by molar-refractivity contribution is -0.121. The zero-order chi connectivity index (χ0) is 22.2. The summed E-state index contributed by atoms with van der Waals surface area (Å²) in [5.74, 6) is 0.106. The average molecular weight is 426 g/mol. The number of aryl methyl sites for hydroxylation is 2. The van der Waals surface area contributed by atoms with Gasteiger partial charge in [-0.15, -0.1) is 11.3 Å². The number of rotatable bonds is 6. The van der Waals surface area contributed by atoms with Crippen molar-refractivity contribution >= 4 is 27.5 Å². The number of amides is 1. The van der Waals surface area contributed by atoms with Crippen molar-refractivity contribution in [3.05, 3.63) is 50.9 Å². The molecule has 0 aliphatic carbocycles. The van der Waals surface area contributed by atoms with Gasteiger partial charge in [0.2, 0.25) is 5.91 Å². The SMILES string of the molecule is CCc1sc2nc(CC)n(C(CC)C(N)=O)c(=O)c2c1-c1ccc(C(C)(C)C)cc1. The molecule has 3 aromatic rings. The summed E-state index contributed by atoms with van der Waals surface area (Å²) in [6.45, 7) is 12.4. The van der Waals surface area contributed by atoms with Crippen LogP contribution in [0.5, 0.6) is 0 Å². The van der Waals surface area contributed by atoms with Crippen LogP contribution < -0.4 is 11.3 Å². The predicted octanol–water partition coefficient (Wildman–Crippen LogP) is 4.98. The van der Waals surface area contributed by atoms with Crippen molar-refractivity contribution in [1.29, 1.82) is 0 Å². The molecule has 0 spiro atoms. The zero-order valence-corrected chi connectivity index (χ0v) is 19.5. The molecule has 0 fully saturated rings. The first kappa shape index (κ1) is 22.2. The molecular formula is C24H31N3O2S. The van der Waals surface area contributed by atoms with Gasteiger partial charge < -0.3 is 5.73 Å².